The van der Waals surface area contributed by atoms with E-state index in [0.29, 0.717) is 34.9 Å². The molecule has 0 amide bonds. The number of halogens is 2. The summed E-state index contributed by atoms with van der Waals surface area (Å²) >= 11 is 12.6. The number of carboxylic acids is 2. The lowest BCUT2D eigenvalue weighted by molar-refractivity contribution is -0.165. The lowest BCUT2D eigenvalue weighted by Crippen LogP contribution is -2.43. The molecular weight excluding hydrogens is 1130 g/mol. The molecule has 0 radical (unpaired) electrons. The van der Waals surface area contributed by atoms with E-state index in [-0.39, 0.29) is 27.3 Å². The molecule has 2 fully saturated rings. The van der Waals surface area contributed by atoms with Crippen LogP contribution in [-0.4, -0.2) is 204 Å². The lowest BCUT2D eigenvalue weighted by atomic mass is 10.2. The molecule has 81 heavy (non-hydrogen) atoms. The Morgan fingerprint density at radius 1 is 0.543 bits per heavy atom. The van der Waals surface area contributed by atoms with Crippen LogP contribution in [0.3, 0.4) is 0 Å². The molecule has 2 aliphatic rings. The molecule has 4 heterocycles. The number of aliphatic carboxylic acids is 2. The molecule has 8 N–H and O–H groups in total. The van der Waals surface area contributed by atoms with Crippen LogP contribution in [0.2, 0.25) is 10.0 Å². The number of rotatable bonds is 19. The van der Waals surface area contributed by atoms with Crippen molar-refractivity contribution in [2.75, 3.05) is 116 Å². The van der Waals surface area contributed by atoms with Crippen LogP contribution < -0.4 is 21.3 Å². The van der Waals surface area contributed by atoms with Crippen LogP contribution in [0, 0.1) is 0 Å². The van der Waals surface area contributed by atoms with Gasteiger partial charge in [0.15, 0.2) is 23.8 Å². The zero-order valence-electron chi connectivity index (χ0n) is 44.9. The minimum absolute atomic E-state index is 0. The van der Waals surface area contributed by atoms with Crippen molar-refractivity contribution >= 4 is 101 Å². The summed E-state index contributed by atoms with van der Waals surface area (Å²) in [6.07, 6.45) is -1.58. The molecule has 28 heteroatoms. The number of sulfonamides is 2. The Hall–Kier alpha value is -6.66. The van der Waals surface area contributed by atoms with Crippen molar-refractivity contribution in [3.63, 3.8) is 0 Å². The second-order valence-corrected chi connectivity index (χ2v) is 24.0. The highest BCUT2D eigenvalue weighted by atomic mass is 35.5. The Balaban J connectivity index is 0.000000252. The Bertz CT molecular complexity index is 3050. The van der Waals surface area contributed by atoms with Gasteiger partial charge >= 0.3 is 11.9 Å². The van der Waals surface area contributed by atoms with E-state index in [1.54, 1.807) is 36.4 Å². The molecule has 2 atom stereocenters. The third-order valence-corrected chi connectivity index (χ3v) is 16.8. The topological polar surface area (TPSA) is 302 Å². The number of hydrogen-bond acceptors (Lipinski definition) is 20. The van der Waals surface area contributed by atoms with E-state index in [2.05, 4.69) is 99.2 Å². The molecule has 438 valence electrons. The lowest BCUT2D eigenvalue weighted by Gasteiger charge is -2.32. The van der Waals surface area contributed by atoms with Crippen LogP contribution in [0.4, 0.5) is 46.3 Å². The van der Waals surface area contributed by atoms with Gasteiger partial charge in [0, 0.05) is 105 Å². The Kier molecular flexibility index (Phi) is 24.0. The molecule has 2 saturated heterocycles. The summed E-state index contributed by atoms with van der Waals surface area (Å²) < 4.78 is 53.2. The highest BCUT2D eigenvalue weighted by Crippen LogP contribution is 2.32. The van der Waals surface area contributed by atoms with Crippen molar-refractivity contribution in [2.45, 2.75) is 42.5 Å². The number of carboxylic acid groups (broad SMARTS) is 2. The van der Waals surface area contributed by atoms with Crippen molar-refractivity contribution < 1.29 is 46.9 Å². The average molecular weight is 1200 g/mol. The van der Waals surface area contributed by atoms with Crippen LogP contribution in [0.1, 0.15) is 18.6 Å². The number of hydrogen-bond donors (Lipinski definition) is 8. The second kappa shape index (κ2) is 29.9. The summed E-state index contributed by atoms with van der Waals surface area (Å²) in [4.78, 5) is 46.9. The fourth-order valence-electron chi connectivity index (χ4n) is 7.71. The molecule has 0 bridgehead atoms. The number of aliphatic hydroxyl groups is 2. The number of likely N-dealkylation sites (N-methyl/N-ethyl adjacent to an activating group) is 2. The van der Waals surface area contributed by atoms with Crippen molar-refractivity contribution in [1.29, 1.82) is 0 Å². The minimum atomic E-state index is -3.65. The van der Waals surface area contributed by atoms with E-state index < -0.39 is 44.2 Å². The summed E-state index contributed by atoms with van der Waals surface area (Å²) in [5.41, 5.74) is 4.94. The van der Waals surface area contributed by atoms with Gasteiger partial charge < -0.3 is 51.5 Å². The first kappa shape index (κ1) is 65.2. The Morgan fingerprint density at radius 3 is 1.17 bits per heavy atom. The molecule has 2 unspecified atom stereocenters. The molecule has 24 nitrogen and oxygen atoms in total. The fraction of sp³-hybridized carbons (Fsp3) is 0.358. The van der Waals surface area contributed by atoms with E-state index in [9.17, 15) is 26.4 Å². The van der Waals surface area contributed by atoms with E-state index in [4.69, 9.17) is 43.6 Å². The average Bonchev–Trinajstić information content (AvgIpc) is 3.45. The van der Waals surface area contributed by atoms with Gasteiger partial charge in [0.1, 0.15) is 19.8 Å². The van der Waals surface area contributed by atoms with Gasteiger partial charge in [-0.1, -0.05) is 79.2 Å². The summed E-state index contributed by atoms with van der Waals surface area (Å²) in [7, 11) is 2.95. The maximum atomic E-state index is 12.7. The largest absolute Gasteiger partial charge is 0.479 e. The van der Waals surface area contributed by atoms with E-state index in [1.807, 2.05) is 24.3 Å². The number of carbonyl (C=O) groups is 2. The van der Waals surface area contributed by atoms with Crippen molar-refractivity contribution in [2.24, 2.45) is 0 Å². The summed E-state index contributed by atoms with van der Waals surface area (Å²) in [6, 6.07) is 29.6. The highest BCUT2D eigenvalue weighted by molar-refractivity contribution is 7.89. The third-order valence-electron chi connectivity index (χ3n) is 12.5. The zero-order chi connectivity index (χ0) is 58.3. The van der Waals surface area contributed by atoms with E-state index in [0.717, 1.165) is 85.4 Å². The number of para-hydroxylation sites is 2. The quantitative estimate of drug-likeness (QED) is 0.0479. The SMILES string of the molecule is C.CN1CCN(Cc2ccc(Nc3ncc(Cl)c(Nc4ccccc4S(=O)(=O)N(C)C)n3)cc2)CC1.CN1CCN(Cc2ccc(Nc3ncc(Cl)c(Nc4ccccc4S(=O)(=O)N(C)C)n3)cc2)CC1.O=C(O)C(O)C(O)C(=O)O. The third kappa shape index (κ3) is 18.7. The number of piperazine rings is 2. The van der Waals surface area contributed by atoms with Crippen molar-refractivity contribution in [1.82, 2.24) is 48.1 Å². The number of nitrogens with zero attached hydrogens (tertiary/aromatic N) is 10. The molecular formula is C53H70Cl2N14O10S2. The number of anilines is 8. The Morgan fingerprint density at radius 2 is 0.864 bits per heavy atom. The number of aliphatic hydroxyl groups excluding tert-OH is 2. The van der Waals surface area contributed by atoms with Gasteiger partial charge in [-0.3, -0.25) is 9.80 Å². The van der Waals surface area contributed by atoms with Crippen LogP contribution in [0.15, 0.2) is 119 Å². The van der Waals surface area contributed by atoms with Gasteiger partial charge in [-0.25, -0.2) is 45.0 Å². The van der Waals surface area contributed by atoms with Gasteiger partial charge in [-0.05, 0) is 73.8 Å². The molecule has 0 aliphatic carbocycles. The molecule has 8 rings (SSSR count). The van der Waals surface area contributed by atoms with Gasteiger partial charge in [-0.15, -0.1) is 0 Å². The second-order valence-electron chi connectivity index (χ2n) is 19.0. The summed E-state index contributed by atoms with van der Waals surface area (Å²) in [5, 5.41) is 45.5. The highest BCUT2D eigenvalue weighted by Gasteiger charge is 2.29. The Labute approximate surface area is 483 Å². The normalized spacial score (nSPS) is 15.2. The fourth-order valence-corrected chi connectivity index (χ4v) is 10.1. The van der Waals surface area contributed by atoms with Crippen LogP contribution >= 0.6 is 23.2 Å². The standard InChI is InChI=1S/2C24H30ClN7O2S.C4H6O6.CH4/c2*1-30(2)35(33,34)22-7-5-4-6-21(22)28-23-20(25)16-26-24(29-23)27-19-10-8-18(9-11-19)17-32-14-12-31(3)13-15-32;5-1(3(7)8)2(6)4(9)10;/h2*4-11,16H,12-15,17H2,1-3H3,(H2,26,27,28,29);1-2,5-6H,(H,7,8)(H,9,10);1H4. The molecule has 2 aromatic heterocycles. The first-order chi connectivity index (χ1) is 37.9. The van der Waals surface area contributed by atoms with Crippen molar-refractivity contribution in [3.05, 3.63) is 131 Å². The van der Waals surface area contributed by atoms with Crippen LogP contribution in [0.25, 0.3) is 0 Å². The predicted molar refractivity (Wildman–Crippen MR) is 314 cm³/mol. The molecule has 4 aromatic carbocycles. The van der Waals surface area contributed by atoms with Gasteiger partial charge in [0.2, 0.25) is 31.9 Å². The first-order valence-electron chi connectivity index (χ1n) is 24.9. The number of benzene rings is 4. The van der Waals surface area contributed by atoms with E-state index in [1.165, 1.54) is 63.8 Å². The summed E-state index contributed by atoms with van der Waals surface area (Å²) in [6.45, 7) is 10.5. The number of nitrogens with one attached hydrogen (secondary N) is 4. The van der Waals surface area contributed by atoms with Crippen LogP contribution in [0.5, 0.6) is 0 Å². The predicted octanol–water partition coefficient (Wildman–Crippen LogP) is 5.74. The zero-order valence-corrected chi connectivity index (χ0v) is 48.0. The maximum absolute atomic E-state index is 12.7. The maximum Gasteiger partial charge on any atom is 0.335 e. The van der Waals surface area contributed by atoms with E-state index >= 15 is 0 Å². The number of aromatic nitrogens is 4. The molecule has 0 saturated carbocycles. The molecule has 2 aliphatic heterocycles. The monoisotopic (exact) mass is 1200 g/mol. The molecule has 6 aromatic rings. The van der Waals surface area contributed by atoms with Crippen molar-refractivity contribution in [3.8, 4) is 0 Å². The van der Waals surface area contributed by atoms with Gasteiger partial charge in [0.05, 0.1) is 23.8 Å². The van der Waals surface area contributed by atoms with Gasteiger partial charge in [0.25, 0.3) is 0 Å². The smallest absolute Gasteiger partial charge is 0.335 e. The summed E-state index contributed by atoms with van der Waals surface area (Å²) in [5.74, 6) is -2.24. The molecule has 0 spiro atoms. The van der Waals surface area contributed by atoms with Gasteiger partial charge in [-0.2, -0.15) is 9.97 Å². The van der Waals surface area contributed by atoms with Crippen LogP contribution in [-0.2, 0) is 42.7 Å². The minimum Gasteiger partial charge on any atom is -0.479 e. The first-order valence-corrected chi connectivity index (χ1v) is 28.5.